The van der Waals surface area contributed by atoms with Crippen LogP contribution in [0.2, 0.25) is 0 Å². The Hall–Kier alpha value is -0.580. The number of aryl methyl sites for hydroxylation is 1. The van der Waals surface area contributed by atoms with Crippen molar-refractivity contribution < 1.29 is 9.88 Å². The first-order chi connectivity index (χ1) is 4.33. The van der Waals surface area contributed by atoms with Crippen LogP contribution in [0.4, 0.5) is 0 Å². The molecule has 1 aromatic heterocycles. The lowest BCUT2D eigenvalue weighted by Gasteiger charge is -1.91. The second kappa shape index (κ2) is 2.82. The summed E-state index contributed by atoms with van der Waals surface area (Å²) in [4.78, 5) is 9.64. The summed E-state index contributed by atoms with van der Waals surface area (Å²) in [6.07, 6.45) is 0. The Morgan fingerprint density at radius 1 is 1.56 bits per heavy atom. The number of hydrogen-bond acceptors (Lipinski definition) is 4. The highest BCUT2D eigenvalue weighted by Gasteiger charge is 1.94. The topological polar surface area (TPSA) is 44.5 Å². The van der Waals surface area contributed by atoms with Gasteiger partial charge in [-0.1, -0.05) is 4.99 Å². The van der Waals surface area contributed by atoms with Gasteiger partial charge in [-0.2, -0.15) is 5.90 Å². The smallest absolute Gasteiger partial charge is 0.221 e. The molecule has 2 N–H and O–H groups in total. The van der Waals surface area contributed by atoms with E-state index < -0.39 is 0 Å². The highest BCUT2D eigenvalue weighted by atomic mass is 32.1. The van der Waals surface area contributed by atoms with Gasteiger partial charge in [0.1, 0.15) is 0 Å². The van der Waals surface area contributed by atoms with Crippen LogP contribution < -0.4 is 10.8 Å². The second-order valence-electron chi connectivity index (χ2n) is 1.54. The first-order valence-corrected chi connectivity index (χ1v) is 3.24. The van der Waals surface area contributed by atoms with Crippen LogP contribution in [0.1, 0.15) is 4.88 Å². The van der Waals surface area contributed by atoms with Crippen molar-refractivity contribution in [2.45, 2.75) is 6.92 Å². The highest BCUT2D eigenvalue weighted by Crippen LogP contribution is 2.22. The molecule has 0 atom stereocenters. The second-order valence-corrected chi connectivity index (χ2v) is 2.80. The summed E-state index contributed by atoms with van der Waals surface area (Å²) in [6.45, 7) is 1.98. The lowest BCUT2D eigenvalue weighted by Crippen LogP contribution is -2.01. The third-order valence-electron chi connectivity index (χ3n) is 0.846. The fourth-order valence-electron chi connectivity index (χ4n) is 0.504. The first-order valence-electron chi connectivity index (χ1n) is 2.43. The van der Waals surface area contributed by atoms with E-state index in [-0.39, 0.29) is 0 Å². The monoisotopic (exact) mass is 145 g/mol. The molecule has 0 aliphatic rings. The Balaban J connectivity index is 2.61. The van der Waals surface area contributed by atoms with Gasteiger partial charge in [-0.05, 0) is 19.1 Å². The van der Waals surface area contributed by atoms with Crippen LogP contribution in [0, 0.1) is 6.92 Å². The van der Waals surface area contributed by atoms with Gasteiger partial charge in [0.25, 0.3) is 0 Å². The maximum Gasteiger partial charge on any atom is 0.221 e. The molecule has 0 saturated carbocycles. The summed E-state index contributed by atoms with van der Waals surface area (Å²) < 4.78 is 0. The van der Waals surface area contributed by atoms with Crippen molar-refractivity contribution in [3.8, 4) is 5.06 Å². The molecule has 50 valence electrons. The summed E-state index contributed by atoms with van der Waals surface area (Å²) >= 11 is 1.49. The van der Waals surface area contributed by atoms with Crippen molar-refractivity contribution in [1.29, 1.82) is 0 Å². The molecule has 4 heteroatoms. The zero-order chi connectivity index (χ0) is 6.69. The third-order valence-corrected chi connectivity index (χ3v) is 1.71. The predicted octanol–water partition coefficient (Wildman–Crippen LogP) is 1.24. The van der Waals surface area contributed by atoms with Crippen LogP contribution >= 0.6 is 11.3 Å². The molecule has 1 rings (SSSR count). The van der Waals surface area contributed by atoms with Crippen LogP contribution in [0.15, 0.2) is 12.1 Å². The van der Waals surface area contributed by atoms with E-state index in [9.17, 15) is 0 Å². The molecule has 0 radical (unpaired) electrons. The van der Waals surface area contributed by atoms with E-state index in [2.05, 4.69) is 15.8 Å². The van der Waals surface area contributed by atoms with E-state index in [0.29, 0.717) is 5.06 Å². The fraction of sp³-hybridized carbons (Fsp3) is 0.200. The van der Waals surface area contributed by atoms with Crippen molar-refractivity contribution in [3.63, 3.8) is 0 Å². The van der Waals surface area contributed by atoms with E-state index in [1.54, 1.807) is 6.07 Å². The van der Waals surface area contributed by atoms with Crippen LogP contribution in [-0.4, -0.2) is 0 Å². The zero-order valence-electron chi connectivity index (χ0n) is 4.96. The molecule has 9 heavy (non-hydrogen) atoms. The lowest BCUT2D eigenvalue weighted by atomic mass is 10.5. The quantitative estimate of drug-likeness (QED) is 0.503. The molecule has 0 aromatic carbocycles. The molecule has 0 spiro atoms. The van der Waals surface area contributed by atoms with E-state index in [1.165, 1.54) is 16.2 Å². The van der Waals surface area contributed by atoms with E-state index >= 15 is 0 Å². The molecule has 1 heterocycles. The predicted molar refractivity (Wildman–Crippen MR) is 35.0 cm³/mol. The van der Waals surface area contributed by atoms with Crippen LogP contribution in [0.3, 0.4) is 0 Å². The Bertz CT molecular complexity index is 187. The Labute approximate surface area is 56.9 Å². The minimum absolute atomic E-state index is 0.676. The summed E-state index contributed by atoms with van der Waals surface area (Å²) in [7, 11) is 0. The zero-order valence-corrected chi connectivity index (χ0v) is 5.77. The average molecular weight is 145 g/mol. The van der Waals surface area contributed by atoms with Gasteiger partial charge in [0.2, 0.25) is 5.06 Å². The number of rotatable bonds is 2. The third kappa shape index (κ3) is 1.67. The van der Waals surface area contributed by atoms with E-state index in [0.717, 1.165) is 0 Å². The Morgan fingerprint density at radius 2 is 2.33 bits per heavy atom. The van der Waals surface area contributed by atoms with E-state index in [1.807, 2.05) is 13.0 Å². The van der Waals surface area contributed by atoms with Crippen molar-refractivity contribution in [2.75, 3.05) is 0 Å². The summed E-state index contributed by atoms with van der Waals surface area (Å²) in [6, 6.07) is 3.73. The van der Waals surface area contributed by atoms with Gasteiger partial charge in [-0.25, -0.2) is 0 Å². The first kappa shape index (κ1) is 6.54. The average Bonchev–Trinajstić information content (AvgIpc) is 2.17. The number of hydrogen-bond donors (Lipinski definition) is 1. The summed E-state index contributed by atoms with van der Waals surface area (Å²) in [5.41, 5.74) is 0. The molecule has 0 fully saturated rings. The highest BCUT2D eigenvalue weighted by molar-refractivity contribution is 7.13. The molecular weight excluding hydrogens is 138 g/mol. The normalized spacial score (nSPS) is 9.56. The maximum atomic E-state index is 4.65. The molecular formula is C5H7NO2S. The van der Waals surface area contributed by atoms with Crippen molar-refractivity contribution in [3.05, 3.63) is 17.0 Å². The Kier molecular flexibility index (Phi) is 2.05. The van der Waals surface area contributed by atoms with Gasteiger partial charge < -0.3 is 4.89 Å². The van der Waals surface area contributed by atoms with Gasteiger partial charge >= 0.3 is 0 Å². The van der Waals surface area contributed by atoms with Crippen LogP contribution in [0.25, 0.3) is 0 Å². The fourth-order valence-corrected chi connectivity index (χ4v) is 1.17. The summed E-state index contributed by atoms with van der Waals surface area (Å²) in [5, 5.41) is 0.676. The molecule has 0 aliphatic carbocycles. The Morgan fingerprint density at radius 3 is 2.78 bits per heavy atom. The SMILES string of the molecule is Cc1ccc(OON)s1. The largest absolute Gasteiger partial charge is 0.308 e. The molecule has 0 amide bonds. The molecule has 1 aromatic rings. The lowest BCUT2D eigenvalue weighted by molar-refractivity contribution is -0.208. The van der Waals surface area contributed by atoms with Crippen molar-refractivity contribution in [1.82, 2.24) is 0 Å². The number of nitrogens with two attached hydrogens (primary N) is 1. The van der Waals surface area contributed by atoms with Crippen LogP contribution in [0.5, 0.6) is 5.06 Å². The molecule has 0 aliphatic heterocycles. The van der Waals surface area contributed by atoms with Gasteiger partial charge in [-0.15, -0.1) is 11.3 Å². The van der Waals surface area contributed by atoms with Crippen LogP contribution in [-0.2, 0) is 4.99 Å². The minimum atomic E-state index is 0.676. The molecule has 0 saturated heterocycles. The summed E-state index contributed by atoms with van der Waals surface area (Å²) in [5.74, 6) is 4.65. The van der Waals surface area contributed by atoms with Gasteiger partial charge in [-0.3, -0.25) is 0 Å². The van der Waals surface area contributed by atoms with E-state index in [4.69, 9.17) is 0 Å². The number of thiophene rings is 1. The van der Waals surface area contributed by atoms with Gasteiger partial charge in [0.05, 0.1) is 0 Å². The maximum absolute atomic E-state index is 4.65. The van der Waals surface area contributed by atoms with Crippen molar-refractivity contribution in [2.24, 2.45) is 5.90 Å². The standard InChI is InChI=1S/C5H7NO2S/c1-4-2-3-5(9-4)7-8-6/h2-3H,6H2,1H3. The van der Waals surface area contributed by atoms with Gasteiger partial charge in [0, 0.05) is 4.88 Å². The van der Waals surface area contributed by atoms with Crippen molar-refractivity contribution >= 4 is 11.3 Å². The minimum Gasteiger partial charge on any atom is -0.308 e. The molecule has 0 unspecified atom stereocenters. The molecule has 3 nitrogen and oxygen atoms in total. The molecule has 0 bridgehead atoms. The van der Waals surface area contributed by atoms with Gasteiger partial charge in [0.15, 0.2) is 0 Å².